The summed E-state index contributed by atoms with van der Waals surface area (Å²) in [5.74, 6) is -0.104. The van der Waals surface area contributed by atoms with Crippen molar-refractivity contribution in [2.45, 2.75) is 38.3 Å². The Morgan fingerprint density at radius 3 is 2.93 bits per heavy atom. The van der Waals surface area contributed by atoms with Gasteiger partial charge in [0, 0.05) is 44.2 Å². The highest BCUT2D eigenvalue weighted by atomic mass is 19.1. The maximum Gasteiger partial charge on any atom is 0.234 e. The molecule has 5 nitrogen and oxygen atoms in total. The number of benzene rings is 1. The van der Waals surface area contributed by atoms with Crippen molar-refractivity contribution >= 4 is 11.8 Å². The second kappa shape index (κ2) is 7.54. The normalized spacial score (nSPS) is 28.0. The lowest BCUT2D eigenvalue weighted by atomic mass is 9.76. The third-order valence-electron chi connectivity index (χ3n) is 6.11. The first-order chi connectivity index (χ1) is 13.0. The number of nitrogens with zero attached hydrogens (tertiary/aromatic N) is 2. The van der Waals surface area contributed by atoms with Crippen molar-refractivity contribution in [3.05, 3.63) is 35.4 Å². The summed E-state index contributed by atoms with van der Waals surface area (Å²) in [6, 6.07) is 3.55. The number of fused-ring (bicyclic) bond motifs is 4. The Morgan fingerprint density at radius 1 is 1.22 bits per heavy atom. The number of carbonyl (C=O) groups is 2. The molecule has 146 valence electrons. The van der Waals surface area contributed by atoms with E-state index in [2.05, 4.69) is 15.1 Å². The van der Waals surface area contributed by atoms with E-state index in [9.17, 15) is 18.4 Å². The van der Waals surface area contributed by atoms with E-state index in [1.165, 1.54) is 0 Å². The van der Waals surface area contributed by atoms with Gasteiger partial charge in [0.05, 0.1) is 6.54 Å². The highest BCUT2D eigenvalue weighted by molar-refractivity contribution is 5.78. The smallest absolute Gasteiger partial charge is 0.234 e. The molecular formula is C20H25F2N3O2. The van der Waals surface area contributed by atoms with Crippen LogP contribution in [0.3, 0.4) is 0 Å². The molecule has 1 aromatic carbocycles. The second-order valence-electron chi connectivity index (χ2n) is 8.07. The van der Waals surface area contributed by atoms with Crippen molar-refractivity contribution in [1.29, 1.82) is 0 Å². The number of carbonyl (C=O) groups excluding carboxylic acids is 2. The van der Waals surface area contributed by atoms with Gasteiger partial charge in [0.25, 0.3) is 0 Å². The quantitative estimate of drug-likeness (QED) is 0.872. The molecule has 4 rings (SSSR count). The van der Waals surface area contributed by atoms with Crippen LogP contribution in [0.15, 0.2) is 18.2 Å². The van der Waals surface area contributed by atoms with Crippen LogP contribution in [0.5, 0.6) is 0 Å². The number of hydrogen-bond acceptors (Lipinski definition) is 3. The van der Waals surface area contributed by atoms with Gasteiger partial charge in [-0.15, -0.1) is 0 Å². The SMILES string of the molecule is O=C(CN1C[C@H]2C[C@H](C1)[C@H]1CCCC(=O)N1C2)NCc1cc(F)ccc1F. The van der Waals surface area contributed by atoms with Crippen LogP contribution in [0.4, 0.5) is 8.78 Å². The van der Waals surface area contributed by atoms with E-state index < -0.39 is 11.6 Å². The first-order valence-corrected chi connectivity index (χ1v) is 9.72. The van der Waals surface area contributed by atoms with Crippen LogP contribution in [0.25, 0.3) is 0 Å². The minimum atomic E-state index is -0.522. The largest absolute Gasteiger partial charge is 0.351 e. The summed E-state index contributed by atoms with van der Waals surface area (Å²) < 4.78 is 26.9. The maximum atomic E-state index is 13.7. The zero-order valence-electron chi connectivity index (χ0n) is 15.3. The van der Waals surface area contributed by atoms with Crippen molar-refractivity contribution in [3.8, 4) is 0 Å². The summed E-state index contributed by atoms with van der Waals surface area (Å²) >= 11 is 0. The van der Waals surface area contributed by atoms with Gasteiger partial charge in [-0.1, -0.05) is 0 Å². The molecule has 2 bridgehead atoms. The van der Waals surface area contributed by atoms with E-state index in [0.29, 0.717) is 24.3 Å². The molecule has 0 unspecified atom stereocenters. The summed E-state index contributed by atoms with van der Waals surface area (Å²) in [5.41, 5.74) is 0.148. The van der Waals surface area contributed by atoms with Crippen LogP contribution in [0.1, 0.15) is 31.2 Å². The van der Waals surface area contributed by atoms with Gasteiger partial charge in [0.1, 0.15) is 11.6 Å². The molecule has 3 atom stereocenters. The highest BCUT2D eigenvalue weighted by Gasteiger charge is 2.43. The van der Waals surface area contributed by atoms with E-state index in [-0.39, 0.29) is 30.5 Å². The number of nitrogens with one attached hydrogen (secondary N) is 1. The van der Waals surface area contributed by atoms with Crippen LogP contribution >= 0.6 is 0 Å². The standard InChI is InChI=1S/C20H25F2N3O2/c21-16-4-5-17(22)14(7-16)8-23-19(26)12-24-9-13-6-15(11-24)18-2-1-3-20(27)25(18)10-13/h4-5,7,13,15,18H,1-3,6,8-12H2,(H,23,26)/t13-,15-,18-/m1/s1. The van der Waals surface area contributed by atoms with Gasteiger partial charge < -0.3 is 10.2 Å². The van der Waals surface area contributed by atoms with Crippen LogP contribution < -0.4 is 5.32 Å². The van der Waals surface area contributed by atoms with Crippen LogP contribution in [-0.4, -0.2) is 53.8 Å². The fourth-order valence-corrected chi connectivity index (χ4v) is 4.97. The van der Waals surface area contributed by atoms with Crippen LogP contribution in [-0.2, 0) is 16.1 Å². The van der Waals surface area contributed by atoms with Crippen molar-refractivity contribution in [2.24, 2.45) is 11.8 Å². The summed E-state index contributed by atoms with van der Waals surface area (Å²) in [7, 11) is 0. The van der Waals surface area contributed by atoms with Crippen molar-refractivity contribution in [3.63, 3.8) is 0 Å². The van der Waals surface area contributed by atoms with E-state index in [0.717, 1.165) is 57.1 Å². The minimum absolute atomic E-state index is 0.0198. The average Bonchev–Trinajstić information content (AvgIpc) is 2.63. The molecule has 0 aliphatic carbocycles. The molecule has 3 aliphatic rings. The van der Waals surface area contributed by atoms with Gasteiger partial charge >= 0.3 is 0 Å². The Morgan fingerprint density at radius 2 is 2.07 bits per heavy atom. The minimum Gasteiger partial charge on any atom is -0.351 e. The molecule has 3 fully saturated rings. The Bertz CT molecular complexity index is 742. The lowest BCUT2D eigenvalue weighted by Gasteiger charge is -2.52. The molecular weight excluding hydrogens is 352 g/mol. The number of piperidine rings is 3. The summed E-state index contributed by atoms with van der Waals surface area (Å²) in [6.45, 7) is 2.65. The third kappa shape index (κ3) is 3.98. The van der Waals surface area contributed by atoms with Crippen molar-refractivity contribution in [1.82, 2.24) is 15.1 Å². The number of hydrogen-bond donors (Lipinski definition) is 1. The monoisotopic (exact) mass is 377 g/mol. The molecule has 27 heavy (non-hydrogen) atoms. The maximum absolute atomic E-state index is 13.7. The predicted octanol–water partition coefficient (Wildman–Crippen LogP) is 1.91. The first-order valence-electron chi connectivity index (χ1n) is 9.72. The van der Waals surface area contributed by atoms with E-state index >= 15 is 0 Å². The summed E-state index contributed by atoms with van der Waals surface area (Å²) in [4.78, 5) is 28.7. The van der Waals surface area contributed by atoms with Gasteiger partial charge in [-0.2, -0.15) is 0 Å². The molecule has 2 amide bonds. The molecule has 1 N–H and O–H groups in total. The Hall–Kier alpha value is -2.02. The van der Waals surface area contributed by atoms with Gasteiger partial charge in [0.2, 0.25) is 11.8 Å². The lowest BCUT2D eigenvalue weighted by Crippen LogP contribution is -2.61. The fourth-order valence-electron chi connectivity index (χ4n) is 4.97. The number of halogens is 2. The Balaban J connectivity index is 1.32. The number of likely N-dealkylation sites (tertiary alicyclic amines) is 1. The first kappa shape index (κ1) is 18.3. The average molecular weight is 377 g/mol. The molecule has 0 spiro atoms. The van der Waals surface area contributed by atoms with E-state index in [1.807, 2.05) is 0 Å². The molecule has 3 heterocycles. The predicted molar refractivity (Wildman–Crippen MR) is 95.6 cm³/mol. The van der Waals surface area contributed by atoms with Crippen molar-refractivity contribution in [2.75, 3.05) is 26.2 Å². The van der Waals surface area contributed by atoms with Gasteiger partial charge in [-0.25, -0.2) is 8.78 Å². The van der Waals surface area contributed by atoms with Crippen molar-refractivity contribution < 1.29 is 18.4 Å². The zero-order valence-corrected chi connectivity index (χ0v) is 15.3. The fraction of sp³-hybridized carbons (Fsp3) is 0.600. The van der Waals surface area contributed by atoms with Crippen LogP contribution in [0.2, 0.25) is 0 Å². The third-order valence-corrected chi connectivity index (χ3v) is 6.11. The molecule has 1 aromatic rings. The molecule has 7 heteroatoms. The van der Waals surface area contributed by atoms with E-state index in [4.69, 9.17) is 0 Å². The second-order valence-corrected chi connectivity index (χ2v) is 8.07. The van der Waals surface area contributed by atoms with Gasteiger partial charge in [-0.3, -0.25) is 14.5 Å². The van der Waals surface area contributed by atoms with Gasteiger partial charge in [-0.05, 0) is 49.3 Å². The Kier molecular flexibility index (Phi) is 5.12. The number of amides is 2. The van der Waals surface area contributed by atoms with E-state index in [1.54, 1.807) is 0 Å². The topological polar surface area (TPSA) is 52.7 Å². The Labute approximate surface area is 157 Å². The molecule has 0 aromatic heterocycles. The summed E-state index contributed by atoms with van der Waals surface area (Å²) in [6.07, 6.45) is 3.81. The highest BCUT2D eigenvalue weighted by Crippen LogP contribution is 2.37. The lowest BCUT2D eigenvalue weighted by molar-refractivity contribution is -0.145. The molecule has 3 saturated heterocycles. The van der Waals surface area contributed by atoms with Gasteiger partial charge in [0.15, 0.2) is 0 Å². The molecule has 3 aliphatic heterocycles. The molecule has 0 saturated carbocycles. The molecule has 0 radical (unpaired) electrons. The van der Waals surface area contributed by atoms with Crippen LogP contribution in [0, 0.1) is 23.5 Å². The number of rotatable bonds is 4. The zero-order chi connectivity index (χ0) is 19.0. The summed E-state index contributed by atoms with van der Waals surface area (Å²) in [5, 5.41) is 2.69.